The minimum Gasteiger partial charge on any atom is -0.462 e. The number of urea groups is 1. The summed E-state index contributed by atoms with van der Waals surface area (Å²) in [6.07, 6.45) is 3.93. The Morgan fingerprint density at radius 2 is 1.94 bits per heavy atom. The van der Waals surface area contributed by atoms with Crippen molar-refractivity contribution in [2.24, 2.45) is 0 Å². The standard InChI is InChI=1S/C23H25N5O4/c1-2-15-31-22(29)17-6-8-18(9-7-17)25-23(30)28-13-10-16(11-14-28)21-26-20(27-32-21)19-5-3-4-12-24-19/h3-9,12,16H,2,10-11,13-15H2,1H3,(H,25,30). The predicted molar refractivity (Wildman–Crippen MR) is 117 cm³/mol. The van der Waals surface area contributed by atoms with Crippen molar-refractivity contribution in [2.75, 3.05) is 25.0 Å². The molecule has 1 aromatic carbocycles. The number of carbonyl (C=O) groups is 2. The molecule has 0 bridgehead atoms. The number of esters is 1. The maximum atomic E-state index is 12.6. The summed E-state index contributed by atoms with van der Waals surface area (Å²) in [7, 11) is 0. The molecule has 0 radical (unpaired) electrons. The Labute approximate surface area is 185 Å². The van der Waals surface area contributed by atoms with E-state index in [-0.39, 0.29) is 17.9 Å². The van der Waals surface area contributed by atoms with Gasteiger partial charge in [0.25, 0.3) is 0 Å². The molecule has 1 fully saturated rings. The van der Waals surface area contributed by atoms with Gasteiger partial charge in [-0.25, -0.2) is 9.59 Å². The first-order valence-corrected chi connectivity index (χ1v) is 10.7. The monoisotopic (exact) mass is 435 g/mol. The van der Waals surface area contributed by atoms with Gasteiger partial charge in [-0.15, -0.1) is 0 Å². The Morgan fingerprint density at radius 3 is 2.62 bits per heavy atom. The highest BCUT2D eigenvalue weighted by molar-refractivity contribution is 5.92. The molecule has 3 heterocycles. The highest BCUT2D eigenvalue weighted by atomic mass is 16.5. The molecule has 4 rings (SSSR count). The largest absolute Gasteiger partial charge is 0.462 e. The van der Waals surface area contributed by atoms with Gasteiger partial charge < -0.3 is 19.5 Å². The number of hydrogen-bond donors (Lipinski definition) is 1. The van der Waals surface area contributed by atoms with Crippen molar-refractivity contribution >= 4 is 17.7 Å². The fourth-order valence-corrected chi connectivity index (χ4v) is 3.50. The van der Waals surface area contributed by atoms with E-state index < -0.39 is 0 Å². The molecule has 2 amide bonds. The average Bonchev–Trinajstić information content (AvgIpc) is 3.34. The van der Waals surface area contributed by atoms with Gasteiger partial charge in [0.1, 0.15) is 5.69 Å². The van der Waals surface area contributed by atoms with Gasteiger partial charge in [-0.3, -0.25) is 4.98 Å². The van der Waals surface area contributed by atoms with Crippen LogP contribution in [0.3, 0.4) is 0 Å². The number of rotatable bonds is 6. The molecule has 1 N–H and O–H groups in total. The number of hydrogen-bond acceptors (Lipinski definition) is 7. The number of piperidine rings is 1. The van der Waals surface area contributed by atoms with Crippen molar-refractivity contribution in [3.05, 3.63) is 60.1 Å². The summed E-state index contributed by atoms with van der Waals surface area (Å²) in [6, 6.07) is 12.1. The van der Waals surface area contributed by atoms with E-state index >= 15 is 0 Å². The lowest BCUT2D eigenvalue weighted by Gasteiger charge is -2.30. The van der Waals surface area contributed by atoms with Crippen LogP contribution in [0, 0.1) is 0 Å². The summed E-state index contributed by atoms with van der Waals surface area (Å²) in [5, 5.41) is 6.91. The Hall–Kier alpha value is -3.75. The molecular formula is C23H25N5O4. The summed E-state index contributed by atoms with van der Waals surface area (Å²) >= 11 is 0. The summed E-state index contributed by atoms with van der Waals surface area (Å²) in [5.74, 6) is 0.801. The van der Waals surface area contributed by atoms with Crippen LogP contribution in [-0.2, 0) is 4.74 Å². The third-order valence-electron chi connectivity index (χ3n) is 5.28. The van der Waals surface area contributed by atoms with Crippen molar-refractivity contribution in [1.82, 2.24) is 20.0 Å². The molecule has 0 aliphatic carbocycles. The van der Waals surface area contributed by atoms with E-state index in [9.17, 15) is 9.59 Å². The van der Waals surface area contributed by atoms with E-state index in [0.717, 1.165) is 19.3 Å². The van der Waals surface area contributed by atoms with E-state index in [1.807, 2.05) is 25.1 Å². The lowest BCUT2D eigenvalue weighted by molar-refractivity contribution is 0.0505. The minimum absolute atomic E-state index is 0.109. The maximum Gasteiger partial charge on any atom is 0.338 e. The molecule has 32 heavy (non-hydrogen) atoms. The zero-order chi connectivity index (χ0) is 22.3. The van der Waals surface area contributed by atoms with E-state index in [4.69, 9.17) is 9.26 Å². The van der Waals surface area contributed by atoms with Gasteiger partial charge in [0.15, 0.2) is 0 Å². The zero-order valence-corrected chi connectivity index (χ0v) is 17.9. The number of pyridine rings is 1. The number of likely N-dealkylation sites (tertiary alicyclic amines) is 1. The zero-order valence-electron chi connectivity index (χ0n) is 17.9. The third-order valence-corrected chi connectivity index (χ3v) is 5.28. The maximum absolute atomic E-state index is 12.6. The normalized spacial score (nSPS) is 14.2. The number of aromatic nitrogens is 3. The summed E-state index contributed by atoms with van der Waals surface area (Å²) in [5.41, 5.74) is 1.76. The van der Waals surface area contributed by atoms with Gasteiger partial charge in [-0.05, 0) is 55.7 Å². The topological polar surface area (TPSA) is 110 Å². The number of nitrogens with one attached hydrogen (secondary N) is 1. The van der Waals surface area contributed by atoms with Crippen molar-refractivity contribution in [1.29, 1.82) is 0 Å². The second kappa shape index (κ2) is 10.0. The lowest BCUT2D eigenvalue weighted by atomic mass is 9.97. The average molecular weight is 435 g/mol. The molecule has 9 nitrogen and oxygen atoms in total. The summed E-state index contributed by atoms with van der Waals surface area (Å²) < 4.78 is 10.6. The molecule has 0 unspecified atom stereocenters. The van der Waals surface area contributed by atoms with Crippen LogP contribution in [0.5, 0.6) is 0 Å². The summed E-state index contributed by atoms with van der Waals surface area (Å²) in [6.45, 7) is 3.50. The Kier molecular flexibility index (Phi) is 6.74. The second-order valence-electron chi connectivity index (χ2n) is 7.58. The van der Waals surface area contributed by atoms with Crippen molar-refractivity contribution < 1.29 is 18.8 Å². The number of amides is 2. The molecular weight excluding hydrogens is 410 g/mol. The molecule has 1 saturated heterocycles. The Morgan fingerprint density at radius 1 is 1.16 bits per heavy atom. The fraction of sp³-hybridized carbons (Fsp3) is 0.348. The van der Waals surface area contributed by atoms with Gasteiger partial charge in [0.2, 0.25) is 11.7 Å². The van der Waals surface area contributed by atoms with Gasteiger partial charge in [0.05, 0.1) is 12.2 Å². The first-order chi connectivity index (χ1) is 15.6. The quantitative estimate of drug-likeness (QED) is 0.580. The van der Waals surface area contributed by atoms with Gasteiger partial charge >= 0.3 is 12.0 Å². The third kappa shape index (κ3) is 5.11. The molecule has 0 atom stereocenters. The Balaban J connectivity index is 1.28. The molecule has 0 saturated carbocycles. The first-order valence-electron chi connectivity index (χ1n) is 10.7. The fourth-order valence-electron chi connectivity index (χ4n) is 3.50. The van der Waals surface area contributed by atoms with Gasteiger partial charge in [-0.2, -0.15) is 4.98 Å². The van der Waals surface area contributed by atoms with Crippen LogP contribution in [-0.4, -0.2) is 51.7 Å². The number of anilines is 1. The van der Waals surface area contributed by atoms with Crippen molar-refractivity contribution in [2.45, 2.75) is 32.1 Å². The lowest BCUT2D eigenvalue weighted by Crippen LogP contribution is -2.40. The van der Waals surface area contributed by atoms with Gasteiger partial charge in [-0.1, -0.05) is 18.1 Å². The number of nitrogens with zero attached hydrogens (tertiary/aromatic N) is 4. The highest BCUT2D eigenvalue weighted by Crippen LogP contribution is 2.28. The predicted octanol–water partition coefficient (Wildman–Crippen LogP) is 4.11. The molecule has 9 heteroatoms. The molecule has 3 aromatic rings. The van der Waals surface area contributed by atoms with Gasteiger partial charge in [0, 0.05) is 30.9 Å². The van der Waals surface area contributed by atoms with Crippen molar-refractivity contribution in [3.8, 4) is 11.5 Å². The molecule has 1 aliphatic heterocycles. The Bertz CT molecular complexity index is 1040. The van der Waals surface area contributed by atoms with E-state index in [0.29, 0.717) is 48.4 Å². The first kappa shape index (κ1) is 21.5. The van der Waals surface area contributed by atoms with Crippen LogP contribution >= 0.6 is 0 Å². The smallest absolute Gasteiger partial charge is 0.338 e. The second-order valence-corrected chi connectivity index (χ2v) is 7.58. The van der Waals surface area contributed by atoms with Crippen LogP contribution in [0.25, 0.3) is 11.5 Å². The van der Waals surface area contributed by atoms with Crippen LogP contribution in [0.1, 0.15) is 48.4 Å². The van der Waals surface area contributed by atoms with Crippen LogP contribution in [0.2, 0.25) is 0 Å². The van der Waals surface area contributed by atoms with Crippen LogP contribution in [0.15, 0.2) is 53.2 Å². The van der Waals surface area contributed by atoms with Crippen LogP contribution < -0.4 is 5.32 Å². The van der Waals surface area contributed by atoms with E-state index in [1.54, 1.807) is 35.4 Å². The van der Waals surface area contributed by atoms with E-state index in [2.05, 4.69) is 20.4 Å². The number of carbonyl (C=O) groups excluding carboxylic acids is 2. The highest BCUT2D eigenvalue weighted by Gasteiger charge is 2.28. The molecule has 1 aliphatic rings. The number of benzene rings is 1. The van der Waals surface area contributed by atoms with E-state index in [1.165, 1.54) is 0 Å². The minimum atomic E-state index is -0.362. The SMILES string of the molecule is CCCOC(=O)c1ccc(NC(=O)N2CCC(c3nc(-c4ccccn4)no3)CC2)cc1. The van der Waals surface area contributed by atoms with Crippen LogP contribution in [0.4, 0.5) is 10.5 Å². The summed E-state index contributed by atoms with van der Waals surface area (Å²) in [4.78, 5) is 35.0. The van der Waals surface area contributed by atoms with Crippen molar-refractivity contribution in [3.63, 3.8) is 0 Å². The molecule has 0 spiro atoms. The molecule has 2 aromatic heterocycles. The number of ether oxygens (including phenoxy) is 1. The molecule has 166 valence electrons.